The fraction of sp³-hybridized carbons (Fsp3) is 0. The van der Waals surface area contributed by atoms with Crippen LogP contribution in [-0.4, -0.2) is 16.1 Å². The maximum Gasteiger partial charge on any atom is 0.328 e. The van der Waals surface area contributed by atoms with E-state index in [-0.39, 0.29) is 5.15 Å². The van der Waals surface area contributed by atoms with Crippen LogP contribution in [0.2, 0.25) is 5.15 Å². The van der Waals surface area contributed by atoms with Crippen molar-refractivity contribution < 1.29 is 9.90 Å². The number of pyridine rings is 1. The first-order valence-corrected chi connectivity index (χ1v) is 3.80. The summed E-state index contributed by atoms with van der Waals surface area (Å²) in [6, 6.07) is 1.55. The minimum absolute atomic E-state index is 0.192. The number of carboxylic acid groups (broad SMARTS) is 1. The normalized spacial score (nSPS) is 10.5. The molecule has 5 heteroatoms. The molecule has 0 aliphatic heterocycles. The van der Waals surface area contributed by atoms with E-state index in [0.29, 0.717) is 11.3 Å². The number of nitrogens with two attached hydrogens (primary N) is 1. The molecule has 0 unspecified atom stereocenters. The number of hydrogen-bond donors (Lipinski definition) is 2. The molecule has 1 aromatic rings. The van der Waals surface area contributed by atoms with Gasteiger partial charge in [0.1, 0.15) is 5.15 Å². The van der Waals surface area contributed by atoms with Crippen molar-refractivity contribution in [3.8, 4) is 0 Å². The van der Waals surface area contributed by atoms with Crippen molar-refractivity contribution >= 4 is 29.3 Å². The van der Waals surface area contributed by atoms with Crippen LogP contribution in [0, 0.1) is 0 Å². The Bertz CT molecular complexity index is 343. The van der Waals surface area contributed by atoms with Gasteiger partial charge in [0.2, 0.25) is 0 Å². The summed E-state index contributed by atoms with van der Waals surface area (Å²) in [5, 5.41) is 8.56. The highest BCUT2D eigenvalue weighted by Crippen LogP contribution is 2.20. The van der Waals surface area contributed by atoms with E-state index in [1.165, 1.54) is 12.3 Å². The zero-order valence-corrected chi connectivity index (χ0v) is 7.32. The first-order valence-electron chi connectivity index (χ1n) is 3.42. The zero-order chi connectivity index (χ0) is 9.84. The molecule has 13 heavy (non-hydrogen) atoms. The van der Waals surface area contributed by atoms with E-state index in [2.05, 4.69) is 4.98 Å². The van der Waals surface area contributed by atoms with E-state index in [4.69, 9.17) is 22.4 Å². The van der Waals surface area contributed by atoms with Crippen LogP contribution in [0.3, 0.4) is 0 Å². The van der Waals surface area contributed by atoms with Gasteiger partial charge in [-0.25, -0.2) is 9.78 Å². The molecule has 0 atom stereocenters. The van der Waals surface area contributed by atoms with Crippen LogP contribution in [0.15, 0.2) is 18.3 Å². The lowest BCUT2D eigenvalue weighted by Crippen LogP contribution is -1.93. The number of hydrogen-bond acceptors (Lipinski definition) is 3. The van der Waals surface area contributed by atoms with Crippen molar-refractivity contribution in [3.63, 3.8) is 0 Å². The first kappa shape index (κ1) is 9.54. The molecule has 4 nitrogen and oxygen atoms in total. The number of nitrogens with zero attached hydrogens (tertiary/aromatic N) is 1. The monoisotopic (exact) mass is 198 g/mol. The molecule has 1 rings (SSSR count). The van der Waals surface area contributed by atoms with Crippen molar-refractivity contribution in [2.45, 2.75) is 0 Å². The Morgan fingerprint density at radius 1 is 1.69 bits per heavy atom. The molecular weight excluding hydrogens is 192 g/mol. The van der Waals surface area contributed by atoms with Gasteiger partial charge in [-0.15, -0.1) is 0 Å². The molecule has 0 saturated heterocycles. The Labute approximate surface area is 79.7 Å². The lowest BCUT2D eigenvalue weighted by atomic mass is 10.2. The predicted octanol–water partition coefficient (Wildman–Crippen LogP) is 1.42. The van der Waals surface area contributed by atoms with Crippen LogP contribution in [0.1, 0.15) is 5.56 Å². The third-order valence-corrected chi connectivity index (χ3v) is 1.67. The number of aromatic nitrogens is 1. The molecule has 1 aromatic heterocycles. The number of carboxylic acids is 1. The summed E-state index contributed by atoms with van der Waals surface area (Å²) in [4.78, 5) is 14.0. The van der Waals surface area contributed by atoms with Crippen LogP contribution in [0.5, 0.6) is 0 Å². The zero-order valence-electron chi connectivity index (χ0n) is 6.57. The van der Waals surface area contributed by atoms with Crippen LogP contribution in [0.25, 0.3) is 6.08 Å². The van der Waals surface area contributed by atoms with Crippen LogP contribution in [-0.2, 0) is 4.79 Å². The quantitative estimate of drug-likeness (QED) is 0.557. The van der Waals surface area contributed by atoms with Gasteiger partial charge in [0.15, 0.2) is 0 Å². The van der Waals surface area contributed by atoms with Gasteiger partial charge < -0.3 is 10.8 Å². The van der Waals surface area contributed by atoms with Gasteiger partial charge in [0, 0.05) is 23.5 Å². The fourth-order valence-electron chi connectivity index (χ4n) is 0.781. The highest BCUT2D eigenvalue weighted by Gasteiger charge is 2.01. The summed E-state index contributed by atoms with van der Waals surface area (Å²) in [6.07, 6.45) is 3.72. The SMILES string of the molecule is Nc1ccnc(Cl)c1/C=C/C(=O)O. The molecule has 0 spiro atoms. The molecule has 1 heterocycles. The van der Waals surface area contributed by atoms with Crippen LogP contribution in [0.4, 0.5) is 5.69 Å². The molecule has 0 amide bonds. The van der Waals surface area contributed by atoms with E-state index in [1.807, 2.05) is 0 Å². The largest absolute Gasteiger partial charge is 0.478 e. The molecule has 0 saturated carbocycles. The van der Waals surface area contributed by atoms with Gasteiger partial charge in [0.25, 0.3) is 0 Å². The van der Waals surface area contributed by atoms with Crippen molar-refractivity contribution in [1.29, 1.82) is 0 Å². The molecule has 0 aliphatic carbocycles. The van der Waals surface area contributed by atoms with Crippen molar-refractivity contribution in [2.75, 3.05) is 5.73 Å². The topological polar surface area (TPSA) is 76.2 Å². The first-order chi connectivity index (χ1) is 6.11. The highest BCUT2D eigenvalue weighted by molar-refractivity contribution is 6.31. The van der Waals surface area contributed by atoms with Gasteiger partial charge in [-0.1, -0.05) is 11.6 Å². The number of carbonyl (C=O) groups is 1. The summed E-state index contributed by atoms with van der Waals surface area (Å²) in [5.74, 6) is -1.06. The molecule has 0 fully saturated rings. The van der Waals surface area contributed by atoms with Crippen LogP contribution < -0.4 is 5.73 Å². The molecule has 0 bridgehead atoms. The van der Waals surface area contributed by atoms with E-state index >= 15 is 0 Å². The van der Waals surface area contributed by atoms with Gasteiger partial charge in [0.05, 0.1) is 0 Å². The molecular formula is C8H7ClN2O2. The standard InChI is InChI=1S/C8H7ClN2O2/c9-8-5(1-2-7(12)13)6(10)3-4-11-8/h1-4H,(H2,10,11)(H,12,13)/b2-1+. The molecule has 3 N–H and O–H groups in total. The third kappa shape index (κ3) is 2.45. The average molecular weight is 199 g/mol. The molecule has 0 aliphatic rings. The van der Waals surface area contributed by atoms with Gasteiger partial charge in [-0.3, -0.25) is 0 Å². The predicted molar refractivity (Wildman–Crippen MR) is 50.3 cm³/mol. The Morgan fingerprint density at radius 3 is 2.92 bits per heavy atom. The second-order valence-electron chi connectivity index (χ2n) is 2.28. The summed E-state index contributed by atoms with van der Waals surface area (Å²) in [6.45, 7) is 0. The lowest BCUT2D eigenvalue weighted by Gasteiger charge is -2.00. The minimum Gasteiger partial charge on any atom is -0.478 e. The molecule has 0 radical (unpaired) electrons. The Balaban J connectivity index is 3.06. The fourth-order valence-corrected chi connectivity index (χ4v) is 1.01. The number of rotatable bonds is 2. The number of halogens is 1. The van der Waals surface area contributed by atoms with E-state index in [0.717, 1.165) is 6.08 Å². The number of anilines is 1. The average Bonchev–Trinajstić information content (AvgIpc) is 2.03. The molecule has 68 valence electrons. The summed E-state index contributed by atoms with van der Waals surface area (Å²) >= 11 is 5.68. The van der Waals surface area contributed by atoms with Crippen LogP contribution >= 0.6 is 11.6 Å². The van der Waals surface area contributed by atoms with E-state index in [9.17, 15) is 4.79 Å². The number of nitrogen functional groups attached to an aromatic ring is 1. The Kier molecular flexibility index (Phi) is 2.87. The summed E-state index contributed by atoms with van der Waals surface area (Å²) < 4.78 is 0. The van der Waals surface area contributed by atoms with Crippen molar-refractivity contribution in [3.05, 3.63) is 29.1 Å². The molecule has 0 aromatic carbocycles. The second kappa shape index (κ2) is 3.91. The van der Waals surface area contributed by atoms with Crippen molar-refractivity contribution in [1.82, 2.24) is 4.98 Å². The lowest BCUT2D eigenvalue weighted by molar-refractivity contribution is -0.131. The maximum absolute atomic E-state index is 10.2. The van der Waals surface area contributed by atoms with Gasteiger partial charge in [-0.2, -0.15) is 0 Å². The second-order valence-corrected chi connectivity index (χ2v) is 2.63. The third-order valence-electron chi connectivity index (χ3n) is 1.37. The summed E-state index contributed by atoms with van der Waals surface area (Å²) in [5.41, 5.74) is 6.36. The van der Waals surface area contributed by atoms with E-state index in [1.54, 1.807) is 6.07 Å². The van der Waals surface area contributed by atoms with Crippen molar-refractivity contribution in [2.24, 2.45) is 0 Å². The van der Waals surface area contributed by atoms with E-state index < -0.39 is 5.97 Å². The van der Waals surface area contributed by atoms with Gasteiger partial charge in [-0.05, 0) is 12.1 Å². The number of aliphatic carboxylic acids is 1. The smallest absolute Gasteiger partial charge is 0.328 e. The Morgan fingerprint density at radius 2 is 2.38 bits per heavy atom. The highest BCUT2D eigenvalue weighted by atomic mass is 35.5. The summed E-state index contributed by atoms with van der Waals surface area (Å²) in [7, 11) is 0. The minimum atomic E-state index is -1.06. The Hall–Kier alpha value is -1.55. The van der Waals surface area contributed by atoms with Gasteiger partial charge >= 0.3 is 5.97 Å². The maximum atomic E-state index is 10.2.